The fraction of sp³-hybridized carbons (Fsp3) is 0.0943. The van der Waals surface area contributed by atoms with Gasteiger partial charge in [-0.05, 0) is 58.9 Å². The van der Waals surface area contributed by atoms with Crippen molar-refractivity contribution in [1.82, 2.24) is 4.98 Å². The predicted molar refractivity (Wildman–Crippen MR) is 237 cm³/mol. The molecule has 392 valence electrons. The van der Waals surface area contributed by atoms with E-state index in [9.17, 15) is 52.7 Å². The van der Waals surface area contributed by atoms with Crippen molar-refractivity contribution in [2.45, 2.75) is 32.2 Å². The van der Waals surface area contributed by atoms with Gasteiger partial charge in [0.25, 0.3) is 0 Å². The Morgan fingerprint density at radius 2 is 0.671 bits per heavy atom. The van der Waals surface area contributed by atoms with Crippen LogP contribution in [0.1, 0.15) is 29.7 Å². The zero-order valence-electron chi connectivity index (χ0n) is 37.9. The Hall–Kier alpha value is -7.98. The molecule has 0 amide bonds. The summed E-state index contributed by atoms with van der Waals surface area (Å²) in [7, 11) is 0. The molecule has 0 fully saturated rings. The lowest BCUT2D eigenvalue weighted by Gasteiger charge is -2.44. The van der Waals surface area contributed by atoms with Crippen molar-refractivity contribution < 1.29 is 92.4 Å². The third kappa shape index (κ3) is 9.11. The van der Waals surface area contributed by atoms with E-state index in [1.807, 2.05) is 6.20 Å². The van der Waals surface area contributed by atoms with E-state index in [1.165, 1.54) is 38.4 Å². The highest BCUT2D eigenvalue weighted by Crippen LogP contribution is 2.32. The van der Waals surface area contributed by atoms with E-state index in [1.54, 1.807) is 0 Å². The first-order valence-corrected chi connectivity index (χ1v) is 22.1. The summed E-state index contributed by atoms with van der Waals surface area (Å²) >= 11 is 0. The van der Waals surface area contributed by atoms with E-state index in [0.717, 1.165) is 32.2 Å². The van der Waals surface area contributed by atoms with Gasteiger partial charge in [-0.25, -0.2) is 92.8 Å². The van der Waals surface area contributed by atoms with Gasteiger partial charge in [0.1, 0.15) is 58.4 Å². The van der Waals surface area contributed by atoms with Crippen molar-refractivity contribution >= 4 is 49.5 Å². The number of fused-ring (bicyclic) bond motifs is 2. The number of aryl methyl sites for hydroxylation is 2. The summed E-state index contributed by atoms with van der Waals surface area (Å²) in [5, 5.41) is 5.45. The van der Waals surface area contributed by atoms with Gasteiger partial charge in [-0.15, -0.1) is 21.9 Å². The number of hydrogen-bond acceptors (Lipinski definition) is 1. The zero-order chi connectivity index (χ0) is 55.2. The normalized spacial score (nSPS) is 11.7. The summed E-state index contributed by atoms with van der Waals surface area (Å²) < 4.78 is 296. The van der Waals surface area contributed by atoms with Crippen LogP contribution in [0.3, 0.4) is 0 Å². The Morgan fingerprint density at radius 3 is 1.04 bits per heavy atom. The molecule has 0 bridgehead atoms. The van der Waals surface area contributed by atoms with Gasteiger partial charge in [-0.2, -0.15) is 4.57 Å². The summed E-state index contributed by atoms with van der Waals surface area (Å²) in [6.07, 6.45) is 3.37. The van der Waals surface area contributed by atoms with E-state index >= 15 is 35.1 Å². The monoisotopic (exact) mass is 1080 g/mol. The first-order chi connectivity index (χ1) is 36.1. The minimum atomic E-state index is -7.22. The van der Waals surface area contributed by atoms with Crippen molar-refractivity contribution in [3.8, 4) is 0 Å². The molecule has 0 atom stereocenters. The van der Waals surface area contributed by atoms with Crippen LogP contribution in [0.2, 0.25) is 0 Å². The van der Waals surface area contributed by atoms with Crippen molar-refractivity contribution in [2.24, 2.45) is 0 Å². The highest BCUT2D eigenvalue weighted by atomic mass is 19.2. The molecule has 23 heteroatoms. The fourth-order valence-electron chi connectivity index (χ4n) is 9.36. The second-order valence-corrected chi connectivity index (χ2v) is 17.0. The lowest BCUT2D eigenvalue weighted by Crippen LogP contribution is -2.81. The smallest absolute Gasteiger partial charge is 0.200 e. The van der Waals surface area contributed by atoms with Crippen LogP contribution < -0.4 is 26.4 Å². The maximum Gasteiger partial charge on any atom is 0.200 e. The first kappa shape index (κ1) is 54.3. The van der Waals surface area contributed by atoms with Crippen molar-refractivity contribution in [2.75, 3.05) is 0 Å². The number of aromatic nitrogens is 2. The molecule has 0 radical (unpaired) electrons. The molecular formula is C53H27BF20N2. The summed E-state index contributed by atoms with van der Waals surface area (Å²) in [5.74, 6) is -71.4. The van der Waals surface area contributed by atoms with Gasteiger partial charge in [-0.1, -0.05) is 78.9 Å². The highest BCUT2D eigenvalue weighted by Gasteiger charge is 2.52. The SMILES string of the molecule is Fc1c(F)c(F)c([B-](c2c(F)c(F)c(F)c(F)c2F)(c2c(F)c(F)c(F)c(F)c2F)c2c(F)c(F)c(F)c(F)c2F)c(F)c1F.c1ccc(C[n+]2ccnc(CCCCc3c4ccccc4cc4ccccc34)c2)cc1. The molecular weight excluding hydrogens is 1060 g/mol. The van der Waals surface area contributed by atoms with Crippen LogP contribution in [0, 0.1) is 116 Å². The summed E-state index contributed by atoms with van der Waals surface area (Å²) in [6, 6.07) is 30.4. The lowest BCUT2D eigenvalue weighted by molar-refractivity contribution is -0.689. The van der Waals surface area contributed by atoms with Crippen molar-refractivity contribution in [3.63, 3.8) is 0 Å². The average molecular weight is 1080 g/mol. The Balaban J connectivity index is 0.000000215. The number of hydrogen-bond donors (Lipinski definition) is 0. The van der Waals surface area contributed by atoms with Gasteiger partial charge in [-0.3, -0.25) is 0 Å². The molecule has 0 aliphatic carbocycles. The minimum Gasteiger partial charge on any atom is -0.249 e. The molecule has 76 heavy (non-hydrogen) atoms. The average Bonchev–Trinajstić information content (AvgIpc) is 3.42. The third-order valence-electron chi connectivity index (χ3n) is 12.7. The quantitative estimate of drug-likeness (QED) is 0.0240. The Bertz CT molecular complexity index is 3330. The van der Waals surface area contributed by atoms with E-state index in [2.05, 4.69) is 107 Å². The predicted octanol–water partition coefficient (Wildman–Crippen LogP) is 12.1. The molecule has 9 rings (SSSR count). The molecule has 1 heterocycles. The van der Waals surface area contributed by atoms with Gasteiger partial charge in [0.05, 0.1) is 6.20 Å². The summed E-state index contributed by atoms with van der Waals surface area (Å²) in [4.78, 5) is 4.60. The maximum absolute atomic E-state index is 15.4. The number of nitrogens with zero attached hydrogens (tertiary/aromatic N) is 2. The van der Waals surface area contributed by atoms with E-state index < -0.39 is 144 Å². The Labute approximate surface area is 415 Å². The molecule has 2 nitrogen and oxygen atoms in total. The highest BCUT2D eigenvalue weighted by molar-refractivity contribution is 7.20. The number of unbranched alkanes of at least 4 members (excludes halogenated alkanes) is 1. The second kappa shape index (κ2) is 21.3. The van der Waals surface area contributed by atoms with Gasteiger partial charge in [0, 0.05) is 5.56 Å². The van der Waals surface area contributed by atoms with Crippen LogP contribution >= 0.6 is 0 Å². The first-order valence-electron chi connectivity index (χ1n) is 22.1. The van der Waals surface area contributed by atoms with E-state index in [4.69, 9.17) is 0 Å². The molecule has 0 N–H and O–H groups in total. The molecule has 0 spiro atoms. The maximum atomic E-state index is 15.4. The fourth-order valence-corrected chi connectivity index (χ4v) is 9.36. The third-order valence-corrected chi connectivity index (χ3v) is 12.7. The van der Waals surface area contributed by atoms with Crippen LogP contribution in [0.15, 0.2) is 104 Å². The molecule has 0 saturated carbocycles. The second-order valence-electron chi connectivity index (χ2n) is 17.0. The topological polar surface area (TPSA) is 16.8 Å². The Kier molecular flexibility index (Phi) is 15.2. The molecule has 0 aliphatic rings. The number of halogens is 20. The molecule has 0 unspecified atom stereocenters. The minimum absolute atomic E-state index is 0.887. The van der Waals surface area contributed by atoms with Gasteiger partial charge in [0.2, 0.25) is 0 Å². The van der Waals surface area contributed by atoms with E-state index in [0.29, 0.717) is 0 Å². The molecule has 8 aromatic carbocycles. The van der Waals surface area contributed by atoms with Crippen LogP contribution in [-0.4, -0.2) is 11.1 Å². The van der Waals surface area contributed by atoms with Crippen LogP contribution in [-0.2, 0) is 19.4 Å². The standard InChI is InChI=1S/C29H27N2.C24BF20/c1-2-10-23(11-3-1)21-31-19-18-30-26(22-31)14-6-9-17-29-27-15-7-4-12-24(27)20-25-13-5-8-16-28(25)29;26-5-1(6(27)14(35)21(42)13(5)34)25(2-7(28)15(36)22(43)16(37)8(2)29,3-9(30)17(38)23(44)18(39)10(3)31)4-11(32)19(40)24(45)20(41)12(4)33/h1-5,7-8,10-13,15-16,18-20,22H,6,9,14,17,21H2;/q+1;-1. The lowest BCUT2D eigenvalue weighted by atomic mass is 9.12. The molecule has 1 aromatic heterocycles. The summed E-state index contributed by atoms with van der Waals surface area (Å²) in [6.45, 7) is 0.887. The zero-order valence-corrected chi connectivity index (χ0v) is 37.9. The van der Waals surface area contributed by atoms with Gasteiger partial charge < -0.3 is 0 Å². The molecule has 0 saturated heterocycles. The van der Waals surface area contributed by atoms with Crippen molar-refractivity contribution in [1.29, 1.82) is 0 Å². The Morgan fingerprint density at radius 1 is 0.355 bits per heavy atom. The van der Waals surface area contributed by atoms with Crippen LogP contribution in [0.25, 0.3) is 21.5 Å². The van der Waals surface area contributed by atoms with Crippen LogP contribution in [0.4, 0.5) is 87.8 Å². The van der Waals surface area contributed by atoms with E-state index in [-0.39, 0.29) is 0 Å². The largest absolute Gasteiger partial charge is 0.249 e. The van der Waals surface area contributed by atoms with Gasteiger partial charge >= 0.3 is 0 Å². The number of rotatable bonds is 11. The van der Waals surface area contributed by atoms with Crippen LogP contribution in [0.5, 0.6) is 0 Å². The van der Waals surface area contributed by atoms with Gasteiger partial charge in [0.15, 0.2) is 88.7 Å². The number of benzene rings is 8. The van der Waals surface area contributed by atoms with Crippen molar-refractivity contribution in [3.05, 3.63) is 237 Å². The molecule has 9 aromatic rings. The molecule has 0 aliphatic heterocycles. The summed E-state index contributed by atoms with van der Waals surface area (Å²) in [5.41, 5.74) is -10.4.